The standard InChI is InChI=1S/C22H19N3O3S/c1-3-8-17-24-25-22(29-17)23-21(27)16-12-7-11-15-18(26)13(2)19(28-20(15)16)14-9-5-4-6-10-14/h4-7,9-12H,3,8H2,1-2H3,(H,23,25,27). The van der Waals surface area contributed by atoms with Crippen molar-refractivity contribution in [1.29, 1.82) is 0 Å². The maximum absolute atomic E-state index is 12.9. The second-order valence-electron chi connectivity index (χ2n) is 6.64. The van der Waals surface area contributed by atoms with Crippen LogP contribution in [0.4, 0.5) is 5.13 Å². The van der Waals surface area contributed by atoms with Crippen LogP contribution in [0, 0.1) is 6.92 Å². The van der Waals surface area contributed by atoms with Crippen molar-refractivity contribution in [3.63, 3.8) is 0 Å². The number of nitrogens with one attached hydrogen (secondary N) is 1. The lowest BCUT2D eigenvalue weighted by Gasteiger charge is -2.10. The van der Waals surface area contributed by atoms with Gasteiger partial charge in [-0.2, -0.15) is 0 Å². The summed E-state index contributed by atoms with van der Waals surface area (Å²) in [7, 11) is 0. The molecular weight excluding hydrogens is 386 g/mol. The molecule has 0 radical (unpaired) electrons. The van der Waals surface area contributed by atoms with Crippen LogP contribution >= 0.6 is 11.3 Å². The molecule has 1 amide bonds. The van der Waals surface area contributed by atoms with E-state index in [1.807, 2.05) is 30.3 Å². The van der Waals surface area contributed by atoms with Crippen LogP contribution in [0.25, 0.3) is 22.3 Å². The molecule has 4 aromatic rings. The van der Waals surface area contributed by atoms with E-state index in [4.69, 9.17) is 4.42 Å². The van der Waals surface area contributed by atoms with Gasteiger partial charge < -0.3 is 4.42 Å². The number of carbonyl (C=O) groups excluding carboxylic acids is 1. The third-order valence-electron chi connectivity index (χ3n) is 4.58. The Morgan fingerprint density at radius 2 is 1.90 bits per heavy atom. The molecule has 0 bridgehead atoms. The molecule has 0 unspecified atom stereocenters. The van der Waals surface area contributed by atoms with E-state index in [-0.39, 0.29) is 22.5 Å². The third kappa shape index (κ3) is 3.69. The summed E-state index contributed by atoms with van der Waals surface area (Å²) in [5, 5.41) is 12.5. The zero-order valence-corrected chi connectivity index (χ0v) is 16.9. The molecule has 6 nitrogen and oxygen atoms in total. The molecule has 0 spiro atoms. The number of carbonyl (C=O) groups is 1. The predicted molar refractivity (Wildman–Crippen MR) is 115 cm³/mol. The zero-order chi connectivity index (χ0) is 20.4. The van der Waals surface area contributed by atoms with Gasteiger partial charge in [-0.1, -0.05) is 54.7 Å². The Labute approximate surface area is 171 Å². The average molecular weight is 405 g/mol. The lowest BCUT2D eigenvalue weighted by molar-refractivity contribution is 0.102. The number of benzene rings is 2. The van der Waals surface area contributed by atoms with Crippen LogP contribution in [-0.4, -0.2) is 16.1 Å². The Morgan fingerprint density at radius 3 is 2.66 bits per heavy atom. The molecule has 0 saturated carbocycles. The fourth-order valence-corrected chi connectivity index (χ4v) is 3.97. The fourth-order valence-electron chi connectivity index (χ4n) is 3.14. The Hall–Kier alpha value is -3.32. The van der Waals surface area contributed by atoms with Gasteiger partial charge >= 0.3 is 0 Å². The summed E-state index contributed by atoms with van der Waals surface area (Å²) in [4.78, 5) is 25.8. The first-order chi connectivity index (χ1) is 14.1. The van der Waals surface area contributed by atoms with Crippen molar-refractivity contribution in [1.82, 2.24) is 10.2 Å². The first-order valence-corrected chi connectivity index (χ1v) is 10.2. The van der Waals surface area contributed by atoms with E-state index in [9.17, 15) is 9.59 Å². The molecule has 0 atom stereocenters. The molecule has 1 N–H and O–H groups in total. The largest absolute Gasteiger partial charge is 0.455 e. The topological polar surface area (TPSA) is 85.1 Å². The molecule has 0 aliphatic rings. The Bertz CT molecular complexity index is 1250. The van der Waals surface area contributed by atoms with E-state index < -0.39 is 0 Å². The number of anilines is 1. The number of aryl methyl sites for hydroxylation is 1. The van der Waals surface area contributed by atoms with Gasteiger partial charge in [-0.05, 0) is 25.5 Å². The summed E-state index contributed by atoms with van der Waals surface area (Å²) < 4.78 is 6.10. The van der Waals surface area contributed by atoms with Crippen molar-refractivity contribution in [2.24, 2.45) is 0 Å². The van der Waals surface area contributed by atoms with Crippen molar-refractivity contribution >= 4 is 33.3 Å². The normalized spacial score (nSPS) is 11.0. The molecule has 2 aromatic heterocycles. The number of aromatic nitrogens is 2. The number of para-hydroxylation sites is 1. The van der Waals surface area contributed by atoms with Gasteiger partial charge in [0.05, 0.1) is 10.9 Å². The van der Waals surface area contributed by atoms with E-state index in [1.165, 1.54) is 11.3 Å². The smallest absolute Gasteiger partial charge is 0.261 e. The molecule has 2 aromatic carbocycles. The van der Waals surface area contributed by atoms with Crippen molar-refractivity contribution in [2.45, 2.75) is 26.7 Å². The first kappa shape index (κ1) is 19.0. The Morgan fingerprint density at radius 1 is 1.10 bits per heavy atom. The van der Waals surface area contributed by atoms with Gasteiger partial charge in [-0.15, -0.1) is 10.2 Å². The van der Waals surface area contributed by atoms with Gasteiger partial charge in [0.2, 0.25) is 5.13 Å². The summed E-state index contributed by atoms with van der Waals surface area (Å²) in [5.74, 6) is 0.0744. The van der Waals surface area contributed by atoms with Crippen LogP contribution in [-0.2, 0) is 6.42 Å². The van der Waals surface area contributed by atoms with E-state index in [2.05, 4.69) is 22.4 Å². The zero-order valence-electron chi connectivity index (χ0n) is 16.1. The van der Waals surface area contributed by atoms with Gasteiger partial charge in [0.1, 0.15) is 10.8 Å². The van der Waals surface area contributed by atoms with Crippen LogP contribution in [0.3, 0.4) is 0 Å². The van der Waals surface area contributed by atoms with Gasteiger partial charge in [-0.25, -0.2) is 0 Å². The van der Waals surface area contributed by atoms with E-state index in [0.717, 1.165) is 23.4 Å². The number of rotatable bonds is 5. The number of hydrogen-bond acceptors (Lipinski definition) is 6. The van der Waals surface area contributed by atoms with E-state index in [1.54, 1.807) is 25.1 Å². The van der Waals surface area contributed by atoms with Crippen LogP contribution in [0.5, 0.6) is 0 Å². The summed E-state index contributed by atoms with van der Waals surface area (Å²) in [6.07, 6.45) is 1.77. The summed E-state index contributed by atoms with van der Waals surface area (Å²) in [6, 6.07) is 14.4. The average Bonchev–Trinajstić information content (AvgIpc) is 3.18. The summed E-state index contributed by atoms with van der Waals surface area (Å²) >= 11 is 1.34. The number of hydrogen-bond donors (Lipinski definition) is 1. The summed E-state index contributed by atoms with van der Waals surface area (Å²) in [5.41, 5.74) is 1.69. The van der Waals surface area contributed by atoms with Crippen molar-refractivity contribution in [2.75, 3.05) is 5.32 Å². The number of nitrogens with zero attached hydrogens (tertiary/aromatic N) is 2. The second-order valence-corrected chi connectivity index (χ2v) is 7.70. The molecule has 29 heavy (non-hydrogen) atoms. The quantitative estimate of drug-likeness (QED) is 0.514. The minimum absolute atomic E-state index is 0.152. The van der Waals surface area contributed by atoms with Crippen molar-refractivity contribution in [3.8, 4) is 11.3 Å². The van der Waals surface area contributed by atoms with Gasteiger partial charge in [-0.3, -0.25) is 14.9 Å². The third-order valence-corrected chi connectivity index (χ3v) is 5.48. The molecule has 146 valence electrons. The summed E-state index contributed by atoms with van der Waals surface area (Å²) in [6.45, 7) is 3.79. The highest BCUT2D eigenvalue weighted by atomic mass is 32.1. The molecule has 4 rings (SSSR count). The van der Waals surface area contributed by atoms with Crippen molar-refractivity contribution in [3.05, 3.63) is 74.9 Å². The lowest BCUT2D eigenvalue weighted by atomic mass is 10.0. The van der Waals surface area contributed by atoms with Crippen molar-refractivity contribution < 1.29 is 9.21 Å². The number of fused-ring (bicyclic) bond motifs is 1. The maximum atomic E-state index is 12.9. The highest BCUT2D eigenvalue weighted by Gasteiger charge is 2.19. The SMILES string of the molecule is CCCc1nnc(NC(=O)c2cccc3c(=O)c(C)c(-c4ccccc4)oc23)s1. The number of amides is 1. The van der Waals surface area contributed by atoms with Crippen LogP contribution in [0.15, 0.2) is 57.7 Å². The molecule has 7 heteroatoms. The molecule has 0 aliphatic carbocycles. The van der Waals surface area contributed by atoms with Gasteiger partial charge in [0.25, 0.3) is 5.91 Å². The first-order valence-electron chi connectivity index (χ1n) is 9.34. The fraction of sp³-hybridized carbons (Fsp3) is 0.182. The van der Waals surface area contributed by atoms with E-state index >= 15 is 0 Å². The Balaban J connectivity index is 1.79. The van der Waals surface area contributed by atoms with Crippen LogP contribution in [0.1, 0.15) is 34.3 Å². The molecule has 2 heterocycles. The monoisotopic (exact) mass is 405 g/mol. The minimum Gasteiger partial charge on any atom is -0.455 e. The molecule has 0 saturated heterocycles. The molecule has 0 aliphatic heterocycles. The van der Waals surface area contributed by atoms with E-state index in [0.29, 0.717) is 21.8 Å². The predicted octanol–water partition coefficient (Wildman–Crippen LogP) is 4.82. The Kier molecular flexibility index (Phi) is 5.22. The van der Waals surface area contributed by atoms with Crippen LogP contribution in [0.2, 0.25) is 0 Å². The lowest BCUT2D eigenvalue weighted by Crippen LogP contribution is -2.14. The highest BCUT2D eigenvalue weighted by Crippen LogP contribution is 2.28. The molecule has 0 fully saturated rings. The minimum atomic E-state index is -0.388. The van der Waals surface area contributed by atoms with Gasteiger partial charge in [0.15, 0.2) is 11.0 Å². The molecular formula is C22H19N3O3S. The van der Waals surface area contributed by atoms with Crippen LogP contribution < -0.4 is 10.7 Å². The second kappa shape index (κ2) is 7.97. The highest BCUT2D eigenvalue weighted by molar-refractivity contribution is 7.15. The maximum Gasteiger partial charge on any atom is 0.261 e. The van der Waals surface area contributed by atoms with Gasteiger partial charge in [0, 0.05) is 17.5 Å².